The average Bonchev–Trinajstić information content (AvgIpc) is 2.56. The maximum atomic E-state index is 3.58. The molecule has 0 aliphatic heterocycles. The van der Waals surface area contributed by atoms with Gasteiger partial charge < -0.3 is 4.90 Å². The van der Waals surface area contributed by atoms with Crippen molar-refractivity contribution in [1.29, 1.82) is 0 Å². The highest BCUT2D eigenvalue weighted by Crippen LogP contribution is 2.17. The summed E-state index contributed by atoms with van der Waals surface area (Å²) in [7, 11) is 4.41. The Balaban J connectivity index is 1.81. The van der Waals surface area contributed by atoms with Gasteiger partial charge >= 0.3 is 0 Å². The van der Waals surface area contributed by atoms with E-state index in [1.807, 2.05) is 0 Å². The number of aryl methyl sites for hydroxylation is 1. The van der Waals surface area contributed by atoms with Crippen molar-refractivity contribution in [3.8, 4) is 0 Å². The number of nitrogens with one attached hydrogen (secondary N) is 3. The Morgan fingerprint density at radius 1 is 1.00 bits per heavy atom. The van der Waals surface area contributed by atoms with E-state index in [1.54, 1.807) is 0 Å². The van der Waals surface area contributed by atoms with E-state index in [0.717, 1.165) is 12.4 Å². The van der Waals surface area contributed by atoms with Crippen LogP contribution in [0.3, 0.4) is 0 Å². The summed E-state index contributed by atoms with van der Waals surface area (Å²) in [5.41, 5.74) is 3.82. The van der Waals surface area contributed by atoms with Crippen molar-refractivity contribution in [2.24, 2.45) is 0 Å². The maximum Gasteiger partial charge on any atom is 0.273 e. The fourth-order valence-corrected chi connectivity index (χ4v) is 3.06. The molecule has 2 aromatic carbocycles. The van der Waals surface area contributed by atoms with E-state index in [1.165, 1.54) is 26.9 Å². The summed E-state index contributed by atoms with van der Waals surface area (Å²) in [5, 5.41) is 4.86. The molecule has 0 fully saturated rings. The van der Waals surface area contributed by atoms with Crippen LogP contribution >= 0.6 is 0 Å². The van der Waals surface area contributed by atoms with Crippen LogP contribution in [0.2, 0.25) is 0 Å². The molecule has 118 valence electrons. The third kappa shape index (κ3) is 3.51. The second-order valence-electron chi connectivity index (χ2n) is 6.33. The highest BCUT2D eigenvalue weighted by atomic mass is 15.1. The smallest absolute Gasteiger partial charge is 0.273 e. The number of aromatic amines is 1. The molecule has 0 spiro atoms. The second kappa shape index (κ2) is 6.80. The van der Waals surface area contributed by atoms with E-state index < -0.39 is 0 Å². The monoisotopic (exact) mass is 307 g/mol. The van der Waals surface area contributed by atoms with Gasteiger partial charge in [0.25, 0.3) is 5.82 Å². The van der Waals surface area contributed by atoms with Crippen molar-refractivity contribution in [3.63, 3.8) is 0 Å². The van der Waals surface area contributed by atoms with Crippen LogP contribution in [-0.2, 0) is 0 Å². The van der Waals surface area contributed by atoms with Crippen LogP contribution in [0.1, 0.15) is 17.2 Å². The van der Waals surface area contributed by atoms with Gasteiger partial charge in [-0.05, 0) is 18.6 Å². The molecule has 1 aromatic heterocycles. The molecule has 3 N–H and O–H groups in total. The first-order chi connectivity index (χ1) is 11.1. The molecule has 0 unspecified atom stereocenters. The molecule has 0 radical (unpaired) electrons. The summed E-state index contributed by atoms with van der Waals surface area (Å²) in [6.07, 6.45) is 0. The molecule has 1 atom stereocenters. The zero-order chi connectivity index (χ0) is 16.2. The summed E-state index contributed by atoms with van der Waals surface area (Å²) >= 11 is 0. The van der Waals surface area contributed by atoms with Gasteiger partial charge in [0.15, 0.2) is 6.04 Å². The Kier molecular flexibility index (Phi) is 4.58. The first-order valence-corrected chi connectivity index (χ1v) is 8.15. The third-order valence-corrected chi connectivity index (χ3v) is 4.38. The number of quaternary nitrogens is 1. The molecular weight excluding hydrogens is 282 g/mol. The number of aromatic nitrogens is 1. The minimum absolute atomic E-state index is 0.413. The van der Waals surface area contributed by atoms with Crippen molar-refractivity contribution >= 4 is 16.7 Å². The molecule has 0 bridgehead atoms. The predicted octanol–water partition coefficient (Wildman–Crippen LogP) is 2.26. The lowest BCUT2D eigenvalue weighted by Crippen LogP contribution is -3.06. The number of benzene rings is 2. The number of hydrogen-bond acceptors (Lipinski definition) is 1. The van der Waals surface area contributed by atoms with Crippen LogP contribution in [0.4, 0.5) is 5.82 Å². The number of hydrogen-bond donors (Lipinski definition) is 2. The lowest BCUT2D eigenvalue weighted by atomic mass is 10.1. The highest BCUT2D eigenvalue weighted by Gasteiger charge is 2.20. The molecule has 3 rings (SSSR count). The quantitative estimate of drug-likeness (QED) is 0.744. The van der Waals surface area contributed by atoms with E-state index in [0.29, 0.717) is 6.04 Å². The topological polar surface area (TPSA) is 30.6 Å². The van der Waals surface area contributed by atoms with Crippen LogP contribution in [0, 0.1) is 6.92 Å². The zero-order valence-corrected chi connectivity index (χ0v) is 14.1. The van der Waals surface area contributed by atoms with Crippen molar-refractivity contribution in [2.45, 2.75) is 13.0 Å². The summed E-state index contributed by atoms with van der Waals surface area (Å²) in [5.74, 6) is 1.07. The highest BCUT2D eigenvalue weighted by molar-refractivity contribution is 5.79. The van der Waals surface area contributed by atoms with Gasteiger partial charge in [0.1, 0.15) is 12.1 Å². The Morgan fingerprint density at radius 3 is 2.43 bits per heavy atom. The fourth-order valence-electron chi connectivity index (χ4n) is 3.06. The van der Waals surface area contributed by atoms with E-state index in [4.69, 9.17) is 0 Å². The molecule has 3 aromatic rings. The van der Waals surface area contributed by atoms with Crippen molar-refractivity contribution in [1.82, 2.24) is 0 Å². The van der Waals surface area contributed by atoms with Gasteiger partial charge in [0.05, 0.1) is 14.1 Å². The Labute approximate surface area is 138 Å². The molecule has 3 nitrogen and oxygen atoms in total. The van der Waals surface area contributed by atoms with Gasteiger partial charge in [-0.25, -0.2) is 4.98 Å². The van der Waals surface area contributed by atoms with Crippen molar-refractivity contribution in [3.05, 3.63) is 71.8 Å². The van der Waals surface area contributed by atoms with Gasteiger partial charge in [-0.2, -0.15) is 0 Å². The first kappa shape index (κ1) is 15.5. The molecular formula is C20H25N3+2. The van der Waals surface area contributed by atoms with E-state index in [-0.39, 0.29) is 0 Å². The largest absolute Gasteiger partial charge is 0.330 e. The van der Waals surface area contributed by atoms with E-state index in [2.05, 4.69) is 92.0 Å². The van der Waals surface area contributed by atoms with Gasteiger partial charge in [-0.15, -0.1) is 0 Å². The SMILES string of the molecule is Cc1cc(NC[C@H](c2ccccc2)[NH+](C)C)[nH+]c2ccccc12. The number of pyridine rings is 1. The molecule has 0 aliphatic rings. The molecule has 1 heterocycles. The van der Waals surface area contributed by atoms with E-state index in [9.17, 15) is 0 Å². The molecule has 0 saturated heterocycles. The number of rotatable bonds is 5. The minimum atomic E-state index is 0.413. The normalized spacial score (nSPS) is 12.5. The van der Waals surface area contributed by atoms with Gasteiger partial charge in [-0.3, -0.25) is 5.32 Å². The lowest BCUT2D eigenvalue weighted by molar-refractivity contribution is -0.890. The number of likely N-dealkylation sites (N-methyl/N-ethyl adjacent to an activating group) is 1. The standard InChI is InChI=1S/C20H23N3/c1-15-13-20(22-18-12-8-7-11-17(15)18)21-14-19(23(2)3)16-9-5-4-6-10-16/h4-13,19H,14H2,1-3H3,(H,21,22)/p+2/t19-/m1/s1. The van der Waals surface area contributed by atoms with Crippen LogP contribution in [0.25, 0.3) is 10.9 Å². The second-order valence-corrected chi connectivity index (χ2v) is 6.33. The molecule has 0 aliphatic carbocycles. The van der Waals surface area contributed by atoms with Crippen molar-refractivity contribution in [2.75, 3.05) is 26.0 Å². The molecule has 0 amide bonds. The lowest BCUT2D eigenvalue weighted by Gasteiger charge is -2.20. The first-order valence-electron chi connectivity index (χ1n) is 8.15. The van der Waals surface area contributed by atoms with Crippen LogP contribution in [-0.4, -0.2) is 20.6 Å². The Hall–Kier alpha value is -2.39. The zero-order valence-electron chi connectivity index (χ0n) is 14.1. The van der Waals surface area contributed by atoms with Gasteiger partial charge in [-0.1, -0.05) is 48.5 Å². The summed E-state index contributed by atoms with van der Waals surface area (Å²) in [6.45, 7) is 3.05. The summed E-state index contributed by atoms with van der Waals surface area (Å²) < 4.78 is 0. The van der Waals surface area contributed by atoms with Gasteiger partial charge in [0.2, 0.25) is 0 Å². The number of anilines is 1. The number of para-hydroxylation sites is 1. The molecule has 23 heavy (non-hydrogen) atoms. The van der Waals surface area contributed by atoms with Crippen molar-refractivity contribution < 1.29 is 9.88 Å². The number of H-pyrrole nitrogens is 1. The Morgan fingerprint density at radius 2 is 1.70 bits per heavy atom. The molecule has 3 heteroatoms. The fraction of sp³-hybridized carbons (Fsp3) is 0.250. The predicted molar refractivity (Wildman–Crippen MR) is 95.7 cm³/mol. The minimum Gasteiger partial charge on any atom is -0.330 e. The summed E-state index contributed by atoms with van der Waals surface area (Å²) in [6, 6.07) is 21.7. The van der Waals surface area contributed by atoms with Crippen LogP contribution in [0.5, 0.6) is 0 Å². The third-order valence-electron chi connectivity index (χ3n) is 4.38. The van der Waals surface area contributed by atoms with Crippen LogP contribution < -0.4 is 15.2 Å². The maximum absolute atomic E-state index is 3.58. The average molecular weight is 307 g/mol. The van der Waals surface area contributed by atoms with E-state index >= 15 is 0 Å². The van der Waals surface area contributed by atoms with Crippen LogP contribution in [0.15, 0.2) is 60.7 Å². The summed E-state index contributed by atoms with van der Waals surface area (Å²) in [4.78, 5) is 4.91. The number of fused-ring (bicyclic) bond motifs is 1. The Bertz CT molecular complexity index is 781. The van der Waals surface area contributed by atoms with Gasteiger partial charge in [0, 0.05) is 17.0 Å². The molecule has 0 saturated carbocycles.